The van der Waals surface area contributed by atoms with Gasteiger partial charge in [-0.1, -0.05) is 0 Å². The molecule has 1 fully saturated rings. The minimum atomic E-state index is -1.03. The molecule has 8 heteroatoms. The predicted octanol–water partition coefficient (Wildman–Crippen LogP) is 3.00. The number of carbonyl (C=O) groups excluding carboxylic acids is 1. The van der Waals surface area contributed by atoms with E-state index in [2.05, 4.69) is 25.5 Å². The van der Waals surface area contributed by atoms with Crippen LogP contribution in [0.3, 0.4) is 0 Å². The van der Waals surface area contributed by atoms with Gasteiger partial charge in [-0.05, 0) is 25.0 Å². The van der Waals surface area contributed by atoms with E-state index in [1.807, 2.05) is 0 Å². The fourth-order valence-electron chi connectivity index (χ4n) is 2.33. The molecule has 2 aromatic rings. The van der Waals surface area contributed by atoms with Crippen LogP contribution in [0.25, 0.3) is 0 Å². The SMILES string of the molecule is O=C(Nc1cnc(N2CCCC2)nc1)Nc1ccc(F)c(F)c1. The summed E-state index contributed by atoms with van der Waals surface area (Å²) in [5.74, 6) is -1.36. The molecule has 2 amide bonds. The minimum absolute atomic E-state index is 0.149. The molecule has 0 bridgehead atoms. The Morgan fingerprint density at radius 2 is 1.65 bits per heavy atom. The number of anilines is 3. The number of aromatic nitrogens is 2. The highest BCUT2D eigenvalue weighted by Crippen LogP contribution is 2.17. The third-order valence-corrected chi connectivity index (χ3v) is 3.46. The van der Waals surface area contributed by atoms with Gasteiger partial charge in [0.15, 0.2) is 11.6 Å². The summed E-state index contributed by atoms with van der Waals surface area (Å²) in [5, 5.41) is 4.94. The molecule has 1 saturated heterocycles. The lowest BCUT2D eigenvalue weighted by Gasteiger charge is -2.14. The van der Waals surface area contributed by atoms with Crippen LogP contribution in [-0.2, 0) is 0 Å². The summed E-state index contributed by atoms with van der Waals surface area (Å²) in [7, 11) is 0. The van der Waals surface area contributed by atoms with Crippen LogP contribution < -0.4 is 15.5 Å². The third-order valence-electron chi connectivity index (χ3n) is 3.46. The fourth-order valence-corrected chi connectivity index (χ4v) is 2.33. The van der Waals surface area contributed by atoms with E-state index >= 15 is 0 Å². The molecule has 1 aliphatic heterocycles. The molecule has 0 aliphatic carbocycles. The molecule has 2 N–H and O–H groups in total. The van der Waals surface area contributed by atoms with Gasteiger partial charge >= 0.3 is 6.03 Å². The van der Waals surface area contributed by atoms with Gasteiger partial charge in [0.25, 0.3) is 0 Å². The van der Waals surface area contributed by atoms with Crippen LogP contribution in [0, 0.1) is 11.6 Å². The van der Waals surface area contributed by atoms with Crippen molar-refractivity contribution in [3.8, 4) is 0 Å². The van der Waals surface area contributed by atoms with Crippen molar-refractivity contribution < 1.29 is 13.6 Å². The Labute approximate surface area is 131 Å². The van der Waals surface area contributed by atoms with E-state index in [0.29, 0.717) is 11.6 Å². The van der Waals surface area contributed by atoms with Gasteiger partial charge < -0.3 is 15.5 Å². The number of halogens is 2. The molecule has 0 saturated carbocycles. The van der Waals surface area contributed by atoms with Gasteiger partial charge in [-0.3, -0.25) is 0 Å². The van der Waals surface area contributed by atoms with Crippen LogP contribution in [-0.4, -0.2) is 29.1 Å². The van der Waals surface area contributed by atoms with Crippen LogP contribution in [0.5, 0.6) is 0 Å². The second kappa shape index (κ2) is 6.55. The summed E-state index contributed by atoms with van der Waals surface area (Å²) >= 11 is 0. The molecule has 1 aromatic carbocycles. The first kappa shape index (κ1) is 15.1. The molecule has 0 spiro atoms. The van der Waals surface area contributed by atoms with E-state index < -0.39 is 17.7 Å². The number of hydrogen-bond donors (Lipinski definition) is 2. The lowest BCUT2D eigenvalue weighted by molar-refractivity contribution is 0.262. The monoisotopic (exact) mass is 319 g/mol. The number of hydrogen-bond acceptors (Lipinski definition) is 4. The van der Waals surface area contributed by atoms with Crippen molar-refractivity contribution in [2.45, 2.75) is 12.8 Å². The Kier molecular flexibility index (Phi) is 4.31. The first-order valence-electron chi connectivity index (χ1n) is 7.22. The fraction of sp³-hybridized carbons (Fsp3) is 0.267. The van der Waals surface area contributed by atoms with Gasteiger partial charge in [0, 0.05) is 24.8 Å². The number of nitrogens with zero attached hydrogens (tertiary/aromatic N) is 3. The summed E-state index contributed by atoms with van der Waals surface area (Å²) in [6.45, 7) is 1.87. The highest BCUT2D eigenvalue weighted by atomic mass is 19.2. The number of benzene rings is 1. The topological polar surface area (TPSA) is 70.2 Å². The van der Waals surface area contributed by atoms with Crippen LogP contribution in [0.2, 0.25) is 0 Å². The van der Waals surface area contributed by atoms with E-state index in [1.54, 1.807) is 0 Å². The van der Waals surface area contributed by atoms with Gasteiger partial charge in [-0.2, -0.15) is 0 Å². The van der Waals surface area contributed by atoms with Crippen molar-refractivity contribution in [1.82, 2.24) is 9.97 Å². The van der Waals surface area contributed by atoms with Crippen molar-refractivity contribution in [1.29, 1.82) is 0 Å². The second-order valence-corrected chi connectivity index (χ2v) is 5.17. The van der Waals surface area contributed by atoms with Crippen LogP contribution >= 0.6 is 0 Å². The third kappa shape index (κ3) is 3.71. The number of amides is 2. The maximum absolute atomic E-state index is 13.1. The average molecular weight is 319 g/mol. The quantitative estimate of drug-likeness (QED) is 0.912. The Balaban J connectivity index is 1.59. The Bertz CT molecular complexity index is 702. The first-order chi connectivity index (χ1) is 11.1. The molecule has 3 rings (SSSR count). The van der Waals surface area contributed by atoms with Crippen molar-refractivity contribution in [2.75, 3.05) is 28.6 Å². The average Bonchev–Trinajstić information content (AvgIpc) is 3.06. The summed E-state index contributed by atoms with van der Waals surface area (Å²) in [6, 6.07) is 2.53. The number of rotatable bonds is 3. The lowest BCUT2D eigenvalue weighted by atomic mass is 10.3. The maximum Gasteiger partial charge on any atom is 0.323 e. The standard InChI is InChI=1S/C15H15F2N5O/c16-12-4-3-10(7-13(12)17)20-15(23)21-11-8-18-14(19-9-11)22-5-1-2-6-22/h3-4,7-9H,1-2,5-6H2,(H2,20,21,23). The number of carbonyl (C=O) groups is 1. The predicted molar refractivity (Wildman–Crippen MR) is 82.5 cm³/mol. The Hall–Kier alpha value is -2.77. The van der Waals surface area contributed by atoms with Crippen molar-refractivity contribution in [3.05, 3.63) is 42.2 Å². The molecule has 120 valence electrons. The van der Waals surface area contributed by atoms with Crippen LogP contribution in [0.1, 0.15) is 12.8 Å². The zero-order chi connectivity index (χ0) is 16.2. The summed E-state index contributed by atoms with van der Waals surface area (Å²) in [6.07, 6.45) is 5.26. The molecule has 1 aromatic heterocycles. The van der Waals surface area contributed by atoms with Gasteiger partial charge in [-0.15, -0.1) is 0 Å². The summed E-state index contributed by atoms with van der Waals surface area (Å²) in [5.41, 5.74) is 0.559. The molecular formula is C15H15F2N5O. The Morgan fingerprint density at radius 1 is 1.00 bits per heavy atom. The van der Waals surface area contributed by atoms with Crippen molar-refractivity contribution in [3.63, 3.8) is 0 Å². The van der Waals surface area contributed by atoms with Crippen LogP contribution in [0.15, 0.2) is 30.6 Å². The smallest absolute Gasteiger partial charge is 0.323 e. The largest absolute Gasteiger partial charge is 0.341 e. The first-order valence-corrected chi connectivity index (χ1v) is 7.22. The Morgan fingerprint density at radius 3 is 2.30 bits per heavy atom. The van der Waals surface area contributed by atoms with E-state index in [-0.39, 0.29) is 5.69 Å². The second-order valence-electron chi connectivity index (χ2n) is 5.17. The molecule has 0 radical (unpaired) electrons. The van der Waals surface area contributed by atoms with Crippen LogP contribution in [0.4, 0.5) is 30.9 Å². The minimum Gasteiger partial charge on any atom is -0.341 e. The van der Waals surface area contributed by atoms with E-state index in [0.717, 1.165) is 38.1 Å². The number of urea groups is 1. The van der Waals surface area contributed by atoms with Gasteiger partial charge in [0.2, 0.25) is 5.95 Å². The molecule has 0 unspecified atom stereocenters. The van der Waals surface area contributed by atoms with E-state index in [1.165, 1.54) is 18.5 Å². The van der Waals surface area contributed by atoms with E-state index in [9.17, 15) is 13.6 Å². The lowest BCUT2D eigenvalue weighted by Crippen LogP contribution is -2.22. The van der Waals surface area contributed by atoms with Gasteiger partial charge in [0.1, 0.15) is 0 Å². The van der Waals surface area contributed by atoms with Gasteiger partial charge in [0.05, 0.1) is 18.1 Å². The molecule has 6 nitrogen and oxygen atoms in total. The zero-order valence-electron chi connectivity index (χ0n) is 12.2. The molecule has 1 aliphatic rings. The highest BCUT2D eigenvalue weighted by molar-refractivity contribution is 5.99. The van der Waals surface area contributed by atoms with E-state index in [4.69, 9.17) is 0 Å². The summed E-state index contributed by atoms with van der Waals surface area (Å²) < 4.78 is 25.9. The molecule has 23 heavy (non-hydrogen) atoms. The van der Waals surface area contributed by atoms with Crippen molar-refractivity contribution in [2.24, 2.45) is 0 Å². The number of nitrogens with one attached hydrogen (secondary N) is 2. The van der Waals surface area contributed by atoms with Crippen molar-refractivity contribution >= 4 is 23.4 Å². The molecule has 2 heterocycles. The normalized spacial score (nSPS) is 13.9. The highest BCUT2D eigenvalue weighted by Gasteiger charge is 2.14. The molecular weight excluding hydrogens is 304 g/mol. The maximum atomic E-state index is 13.1. The summed E-state index contributed by atoms with van der Waals surface area (Å²) in [4.78, 5) is 22.3. The molecule has 0 atom stereocenters. The zero-order valence-corrected chi connectivity index (χ0v) is 12.2. The van der Waals surface area contributed by atoms with Gasteiger partial charge in [-0.25, -0.2) is 23.5 Å².